The number of aryl methyl sites for hydroxylation is 1. The first-order valence-corrected chi connectivity index (χ1v) is 9.81. The number of hydrogen-bond donors (Lipinski definition) is 3. The molecule has 0 amide bonds. The third-order valence-corrected chi connectivity index (χ3v) is 5.11. The average molecular weight is 450 g/mol. The van der Waals surface area contributed by atoms with Crippen LogP contribution in [0, 0.1) is 5.82 Å². The number of hydrogen-bond acceptors (Lipinski definition) is 7. The van der Waals surface area contributed by atoms with Gasteiger partial charge in [0.25, 0.3) is 5.56 Å². The van der Waals surface area contributed by atoms with Gasteiger partial charge in [-0.25, -0.2) is 19.3 Å². The highest BCUT2D eigenvalue weighted by Gasteiger charge is 2.23. The van der Waals surface area contributed by atoms with Crippen molar-refractivity contribution in [3.8, 4) is 17.1 Å². The number of rotatable bonds is 5. The van der Waals surface area contributed by atoms with Crippen molar-refractivity contribution in [1.29, 1.82) is 0 Å². The molecule has 5 rings (SSSR count). The number of nitrogens with one attached hydrogen (secondary N) is 3. The molecule has 4 heterocycles. The van der Waals surface area contributed by atoms with Crippen molar-refractivity contribution >= 4 is 27.8 Å². The summed E-state index contributed by atoms with van der Waals surface area (Å²) in [5.41, 5.74) is 1.83. The summed E-state index contributed by atoms with van der Waals surface area (Å²) in [5.74, 6) is 0.526. The third-order valence-electron chi connectivity index (χ3n) is 5.11. The van der Waals surface area contributed by atoms with E-state index in [4.69, 9.17) is 4.74 Å². The summed E-state index contributed by atoms with van der Waals surface area (Å²) >= 11 is 0. The van der Waals surface area contributed by atoms with Gasteiger partial charge >= 0.3 is 0 Å². The maximum atomic E-state index is 14.6. The summed E-state index contributed by atoms with van der Waals surface area (Å²) in [6.07, 6.45) is 4.99. The molecule has 0 fully saturated rings. The molecule has 0 saturated heterocycles. The van der Waals surface area contributed by atoms with Crippen LogP contribution in [-0.4, -0.2) is 41.8 Å². The monoisotopic (exact) mass is 450 g/mol. The number of anilines is 1. The van der Waals surface area contributed by atoms with Crippen LogP contribution in [0.25, 0.3) is 33.5 Å². The van der Waals surface area contributed by atoms with E-state index in [0.29, 0.717) is 33.8 Å². The molecule has 10 nitrogen and oxygen atoms in total. The molecule has 33 heavy (non-hydrogen) atoms. The summed E-state index contributed by atoms with van der Waals surface area (Å²) < 4.78 is 21.3. The lowest BCUT2D eigenvalue weighted by Crippen LogP contribution is -2.17. The van der Waals surface area contributed by atoms with Gasteiger partial charge in [0, 0.05) is 37.8 Å². The van der Waals surface area contributed by atoms with Gasteiger partial charge in [-0.05, 0) is 13.0 Å². The van der Waals surface area contributed by atoms with Crippen LogP contribution < -0.4 is 15.6 Å². The van der Waals surface area contributed by atoms with E-state index in [0.717, 1.165) is 0 Å². The van der Waals surface area contributed by atoms with Gasteiger partial charge in [0.1, 0.15) is 34.0 Å². The van der Waals surface area contributed by atoms with E-state index in [1.807, 2.05) is 6.92 Å². The molecule has 5 aromatic rings. The molecular weight excluding hydrogens is 427 g/mol. The SMILES string of the molecule is C.COc1cc(F)c2nc(-c3c(N[C@@H](C)c4ncccn4)c4nn(C)cc4[nH]c3=O)[nH]c2c1. The first-order chi connectivity index (χ1) is 15.4. The second-order valence-electron chi connectivity index (χ2n) is 7.33. The topological polar surface area (TPSA) is 126 Å². The number of H-pyrrole nitrogens is 2. The Balaban J connectivity index is 0.00000259. The molecule has 1 atom stereocenters. The summed E-state index contributed by atoms with van der Waals surface area (Å²) in [4.78, 5) is 31.9. The first-order valence-electron chi connectivity index (χ1n) is 9.81. The maximum Gasteiger partial charge on any atom is 0.261 e. The number of benzene rings is 1. The minimum absolute atomic E-state index is 0. The fraction of sp³-hybridized carbons (Fsp3) is 0.227. The summed E-state index contributed by atoms with van der Waals surface area (Å²) in [7, 11) is 3.21. The quantitative estimate of drug-likeness (QED) is 0.374. The van der Waals surface area contributed by atoms with Crippen molar-refractivity contribution in [1.82, 2.24) is 34.7 Å². The number of aromatic amines is 2. The molecule has 170 valence electrons. The van der Waals surface area contributed by atoms with E-state index in [9.17, 15) is 9.18 Å². The highest BCUT2D eigenvalue weighted by Crippen LogP contribution is 2.33. The van der Waals surface area contributed by atoms with Crippen LogP contribution in [0.1, 0.15) is 26.2 Å². The van der Waals surface area contributed by atoms with Gasteiger partial charge in [-0.3, -0.25) is 9.48 Å². The van der Waals surface area contributed by atoms with Crippen molar-refractivity contribution < 1.29 is 9.13 Å². The molecule has 0 unspecified atom stereocenters. The van der Waals surface area contributed by atoms with E-state index < -0.39 is 11.4 Å². The van der Waals surface area contributed by atoms with E-state index >= 15 is 0 Å². The van der Waals surface area contributed by atoms with Crippen molar-refractivity contribution in [3.63, 3.8) is 0 Å². The fourth-order valence-corrected chi connectivity index (χ4v) is 3.65. The predicted octanol–water partition coefficient (Wildman–Crippen LogP) is 3.55. The van der Waals surface area contributed by atoms with Gasteiger partial charge < -0.3 is 20.0 Å². The molecule has 0 spiro atoms. The minimum Gasteiger partial charge on any atom is -0.497 e. The van der Waals surface area contributed by atoms with Gasteiger partial charge in [0.2, 0.25) is 0 Å². The lowest BCUT2D eigenvalue weighted by Gasteiger charge is -2.16. The number of pyridine rings is 1. The number of methoxy groups -OCH3 is 1. The van der Waals surface area contributed by atoms with Crippen LogP contribution in [0.5, 0.6) is 5.75 Å². The Morgan fingerprint density at radius 1 is 1.15 bits per heavy atom. The zero-order valence-corrected chi connectivity index (χ0v) is 17.5. The zero-order chi connectivity index (χ0) is 22.4. The maximum absolute atomic E-state index is 14.6. The second kappa shape index (κ2) is 8.34. The first kappa shape index (κ1) is 21.9. The van der Waals surface area contributed by atoms with E-state index in [2.05, 4.69) is 35.3 Å². The highest BCUT2D eigenvalue weighted by atomic mass is 19.1. The Bertz CT molecular complexity index is 1510. The second-order valence-corrected chi connectivity index (χ2v) is 7.33. The Labute approximate surface area is 187 Å². The molecule has 1 aromatic carbocycles. The van der Waals surface area contributed by atoms with Crippen LogP contribution in [-0.2, 0) is 7.05 Å². The largest absolute Gasteiger partial charge is 0.497 e. The summed E-state index contributed by atoms with van der Waals surface area (Å²) in [6, 6.07) is 4.25. The normalized spacial score (nSPS) is 12.0. The lowest BCUT2D eigenvalue weighted by atomic mass is 10.1. The number of halogens is 1. The Hall–Kier alpha value is -4.28. The molecule has 3 N–H and O–H groups in total. The highest BCUT2D eigenvalue weighted by molar-refractivity contribution is 5.96. The van der Waals surface area contributed by atoms with Gasteiger partial charge in [0.05, 0.1) is 29.9 Å². The molecule has 0 radical (unpaired) electrons. The Kier molecular flexibility index (Phi) is 5.54. The van der Waals surface area contributed by atoms with Crippen molar-refractivity contribution in [2.75, 3.05) is 12.4 Å². The van der Waals surface area contributed by atoms with Crippen LogP contribution in [0.3, 0.4) is 0 Å². The fourth-order valence-electron chi connectivity index (χ4n) is 3.65. The standard InChI is InChI=1S/C21H19FN8O2.CH4/c1-10(19-23-5-4-6-24-19)25-18-15(21(31)27-14-9-30(2)29-17(14)18)20-26-13-8-11(32-3)7-12(22)16(13)28-20;/h4-10,25H,1-3H3,(H,26,28)(H,27,31);1H4/t10-;/m0./s1. The average Bonchev–Trinajstić information content (AvgIpc) is 3.37. The number of imidazole rings is 1. The van der Waals surface area contributed by atoms with Gasteiger partial charge in [-0.1, -0.05) is 7.43 Å². The zero-order valence-electron chi connectivity index (χ0n) is 17.5. The van der Waals surface area contributed by atoms with Crippen LogP contribution in [0.4, 0.5) is 10.1 Å². The van der Waals surface area contributed by atoms with Crippen LogP contribution in [0.15, 0.2) is 41.6 Å². The predicted molar refractivity (Wildman–Crippen MR) is 124 cm³/mol. The van der Waals surface area contributed by atoms with Crippen LogP contribution in [0.2, 0.25) is 0 Å². The lowest BCUT2D eigenvalue weighted by molar-refractivity contribution is 0.412. The molecule has 4 aromatic heterocycles. The summed E-state index contributed by atoms with van der Waals surface area (Å²) in [6.45, 7) is 1.87. The van der Waals surface area contributed by atoms with Crippen LogP contribution >= 0.6 is 0 Å². The minimum atomic E-state index is -0.558. The molecular formula is C22H23FN8O2. The van der Waals surface area contributed by atoms with Gasteiger partial charge in [-0.2, -0.15) is 5.10 Å². The number of aromatic nitrogens is 7. The Morgan fingerprint density at radius 2 is 1.91 bits per heavy atom. The number of nitrogens with zero attached hydrogens (tertiary/aromatic N) is 5. The third kappa shape index (κ3) is 3.77. The molecule has 0 bridgehead atoms. The molecule has 0 aliphatic heterocycles. The summed E-state index contributed by atoms with van der Waals surface area (Å²) in [5, 5.41) is 7.80. The van der Waals surface area contributed by atoms with Crippen molar-refractivity contribution in [3.05, 3.63) is 58.8 Å². The number of ether oxygens (including phenoxy) is 1. The van der Waals surface area contributed by atoms with Gasteiger partial charge in [0.15, 0.2) is 5.82 Å². The van der Waals surface area contributed by atoms with E-state index in [1.165, 1.54) is 13.2 Å². The van der Waals surface area contributed by atoms with Gasteiger partial charge in [-0.15, -0.1) is 0 Å². The van der Waals surface area contributed by atoms with Crippen molar-refractivity contribution in [2.45, 2.75) is 20.4 Å². The molecule has 11 heteroatoms. The molecule has 0 aliphatic rings. The van der Waals surface area contributed by atoms with Crippen molar-refractivity contribution in [2.24, 2.45) is 7.05 Å². The van der Waals surface area contributed by atoms with E-state index in [-0.39, 0.29) is 30.4 Å². The molecule has 0 aliphatic carbocycles. The number of fused-ring (bicyclic) bond motifs is 2. The molecule has 0 saturated carbocycles. The Morgan fingerprint density at radius 3 is 2.64 bits per heavy atom. The smallest absolute Gasteiger partial charge is 0.261 e. The van der Waals surface area contributed by atoms with E-state index in [1.54, 1.807) is 42.5 Å².